The minimum Gasteiger partial charge on any atom is -0.352 e. The van der Waals surface area contributed by atoms with Gasteiger partial charge in [0.15, 0.2) is 0 Å². The Bertz CT molecular complexity index is 1510. The van der Waals surface area contributed by atoms with Crippen LogP contribution in [0.15, 0.2) is 74.0 Å². The molecule has 0 spiro atoms. The zero-order chi connectivity index (χ0) is 24.9. The smallest absolute Gasteiger partial charge is 0.332 e. The Morgan fingerprint density at radius 2 is 1.77 bits per heavy atom. The van der Waals surface area contributed by atoms with Crippen molar-refractivity contribution in [2.24, 2.45) is 0 Å². The number of hydrogen-bond acceptors (Lipinski definition) is 5. The molecule has 2 amide bonds. The number of aromatic nitrogens is 2. The third kappa shape index (κ3) is 5.75. The van der Waals surface area contributed by atoms with Gasteiger partial charge in [-0.3, -0.25) is 23.5 Å². The summed E-state index contributed by atoms with van der Waals surface area (Å²) < 4.78 is 17.0. The van der Waals surface area contributed by atoms with Crippen LogP contribution in [0.3, 0.4) is 0 Å². The number of nitrogens with zero attached hydrogens (tertiary/aromatic N) is 2. The lowest BCUT2D eigenvalue weighted by atomic mass is 10.2. The van der Waals surface area contributed by atoms with Crippen molar-refractivity contribution < 1.29 is 14.0 Å². The molecule has 180 valence electrons. The first kappa shape index (κ1) is 24.6. The second-order valence-electron chi connectivity index (χ2n) is 7.65. The van der Waals surface area contributed by atoms with Gasteiger partial charge in [-0.15, -0.1) is 11.3 Å². The maximum Gasteiger partial charge on any atom is 0.332 e. The maximum atomic E-state index is 14.1. The van der Waals surface area contributed by atoms with Crippen molar-refractivity contribution in [3.63, 3.8) is 0 Å². The summed E-state index contributed by atoms with van der Waals surface area (Å²) in [6.07, 6.45) is -0.0881. The lowest BCUT2D eigenvalue weighted by Crippen LogP contribution is -2.42. The van der Waals surface area contributed by atoms with Crippen LogP contribution in [0, 0.1) is 5.82 Å². The molecular weight excluding hydrogens is 539 g/mol. The molecule has 2 aromatic heterocycles. The van der Waals surface area contributed by atoms with Gasteiger partial charge in [-0.2, -0.15) is 0 Å². The molecular formula is C24H20BrFN4O4S. The fourth-order valence-corrected chi connectivity index (χ4v) is 4.68. The van der Waals surface area contributed by atoms with E-state index >= 15 is 0 Å². The van der Waals surface area contributed by atoms with Gasteiger partial charge in [0.05, 0.1) is 11.2 Å². The molecule has 0 radical (unpaired) electrons. The second-order valence-corrected chi connectivity index (χ2v) is 9.48. The molecule has 0 fully saturated rings. The van der Waals surface area contributed by atoms with Crippen LogP contribution in [0.2, 0.25) is 0 Å². The Labute approximate surface area is 211 Å². The van der Waals surface area contributed by atoms with Crippen LogP contribution in [0.4, 0.5) is 10.1 Å². The Balaban J connectivity index is 1.52. The summed E-state index contributed by atoms with van der Waals surface area (Å²) in [5.74, 6) is -1.58. The molecule has 0 aliphatic heterocycles. The van der Waals surface area contributed by atoms with Gasteiger partial charge in [0, 0.05) is 24.0 Å². The number of carbonyl (C=O) groups excluding carboxylic acids is 2. The molecule has 4 aromatic rings. The quantitative estimate of drug-likeness (QED) is 0.345. The van der Waals surface area contributed by atoms with Crippen LogP contribution in [0.5, 0.6) is 0 Å². The average Bonchev–Trinajstić information content (AvgIpc) is 3.33. The summed E-state index contributed by atoms with van der Waals surface area (Å²) in [5.41, 5.74) is -0.0410. The van der Waals surface area contributed by atoms with E-state index in [1.165, 1.54) is 12.1 Å². The number of thiophene rings is 1. The predicted octanol–water partition coefficient (Wildman–Crippen LogP) is 3.47. The number of carbonyl (C=O) groups is 2. The van der Waals surface area contributed by atoms with Crippen molar-refractivity contribution in [2.45, 2.75) is 26.1 Å². The lowest BCUT2D eigenvalue weighted by molar-refractivity contribution is -0.121. The first-order valence-electron chi connectivity index (χ1n) is 10.6. The molecule has 2 N–H and O–H groups in total. The minimum absolute atomic E-state index is 0.0313. The summed E-state index contributed by atoms with van der Waals surface area (Å²) >= 11 is 4.29. The van der Waals surface area contributed by atoms with Crippen LogP contribution < -0.4 is 21.9 Å². The van der Waals surface area contributed by atoms with E-state index in [1.54, 1.807) is 17.5 Å². The van der Waals surface area contributed by atoms with E-state index in [9.17, 15) is 23.6 Å². The molecule has 8 nitrogen and oxygen atoms in total. The first-order chi connectivity index (χ1) is 16.8. The Kier molecular flexibility index (Phi) is 7.57. The largest absolute Gasteiger partial charge is 0.352 e. The van der Waals surface area contributed by atoms with E-state index in [4.69, 9.17) is 0 Å². The van der Waals surface area contributed by atoms with E-state index in [-0.39, 0.29) is 29.3 Å². The van der Waals surface area contributed by atoms with Crippen molar-refractivity contribution in [3.05, 3.63) is 96.7 Å². The van der Waals surface area contributed by atoms with Crippen molar-refractivity contribution in [1.82, 2.24) is 14.5 Å². The average molecular weight is 559 g/mol. The van der Waals surface area contributed by atoms with Gasteiger partial charge >= 0.3 is 5.69 Å². The highest BCUT2D eigenvalue weighted by molar-refractivity contribution is 9.10. The summed E-state index contributed by atoms with van der Waals surface area (Å²) in [5, 5.41) is 6.85. The van der Waals surface area contributed by atoms with Crippen molar-refractivity contribution >= 4 is 55.0 Å². The molecule has 0 unspecified atom stereocenters. The van der Waals surface area contributed by atoms with E-state index in [0.717, 1.165) is 26.0 Å². The summed E-state index contributed by atoms with van der Waals surface area (Å²) in [6, 6.07) is 15.1. The lowest BCUT2D eigenvalue weighted by Gasteiger charge is -2.13. The van der Waals surface area contributed by atoms with Crippen molar-refractivity contribution in [3.8, 4) is 0 Å². The zero-order valence-corrected chi connectivity index (χ0v) is 20.7. The fourth-order valence-electron chi connectivity index (χ4n) is 3.51. The molecule has 0 saturated carbocycles. The predicted molar refractivity (Wildman–Crippen MR) is 136 cm³/mol. The fraction of sp³-hybridized carbons (Fsp3) is 0.167. The number of benzene rings is 2. The van der Waals surface area contributed by atoms with E-state index in [0.29, 0.717) is 16.5 Å². The summed E-state index contributed by atoms with van der Waals surface area (Å²) in [4.78, 5) is 50.9. The number of nitrogens with one attached hydrogen (secondary N) is 2. The maximum absolute atomic E-state index is 14.1. The number of hydrogen-bond donors (Lipinski definition) is 2. The zero-order valence-electron chi connectivity index (χ0n) is 18.3. The standard InChI is InChI=1S/C24H20BrFN4O4S/c25-16-6-7-18(17(26)12-16)28-21(32)14-30-19-9-11-35-22(19)23(33)29(24(30)34)10-8-20(31)27-13-15-4-2-1-3-5-15/h1-7,9,11-12H,8,10,13-14H2,(H,27,31)(H,28,32). The van der Waals surface area contributed by atoms with Gasteiger partial charge in [-0.1, -0.05) is 46.3 Å². The van der Waals surface area contributed by atoms with Gasteiger partial charge in [-0.05, 0) is 35.2 Å². The molecule has 35 heavy (non-hydrogen) atoms. The molecule has 0 atom stereocenters. The van der Waals surface area contributed by atoms with E-state index in [1.807, 2.05) is 30.3 Å². The highest BCUT2D eigenvalue weighted by Gasteiger charge is 2.18. The number of anilines is 1. The topological polar surface area (TPSA) is 102 Å². The normalized spacial score (nSPS) is 10.9. The third-order valence-corrected chi connectivity index (χ3v) is 6.62. The summed E-state index contributed by atoms with van der Waals surface area (Å²) in [7, 11) is 0. The number of fused-ring (bicyclic) bond motifs is 1. The molecule has 0 aliphatic rings. The van der Waals surface area contributed by atoms with Crippen molar-refractivity contribution in [1.29, 1.82) is 0 Å². The van der Waals surface area contributed by atoms with Gasteiger partial charge in [0.1, 0.15) is 17.1 Å². The molecule has 0 bridgehead atoms. The second kappa shape index (κ2) is 10.8. The van der Waals surface area contributed by atoms with Crippen LogP contribution in [-0.2, 0) is 29.2 Å². The first-order valence-corrected chi connectivity index (χ1v) is 12.3. The van der Waals surface area contributed by atoms with Crippen molar-refractivity contribution in [2.75, 3.05) is 5.32 Å². The Hall–Kier alpha value is -3.57. The Morgan fingerprint density at radius 1 is 1.00 bits per heavy atom. The third-order valence-electron chi connectivity index (χ3n) is 5.24. The van der Waals surface area contributed by atoms with Gasteiger partial charge in [0.25, 0.3) is 5.56 Å². The molecule has 0 saturated heterocycles. The Morgan fingerprint density at radius 3 is 2.51 bits per heavy atom. The van der Waals surface area contributed by atoms with Crippen LogP contribution in [0.25, 0.3) is 10.2 Å². The number of amides is 2. The monoisotopic (exact) mass is 558 g/mol. The van der Waals surface area contributed by atoms with Gasteiger partial charge in [0.2, 0.25) is 11.8 Å². The number of rotatable bonds is 8. The van der Waals surface area contributed by atoms with Crippen LogP contribution in [0.1, 0.15) is 12.0 Å². The minimum atomic E-state index is -0.719. The molecule has 11 heteroatoms. The van der Waals surface area contributed by atoms with Gasteiger partial charge < -0.3 is 10.6 Å². The van der Waals surface area contributed by atoms with E-state index < -0.39 is 29.5 Å². The molecule has 0 aliphatic carbocycles. The summed E-state index contributed by atoms with van der Waals surface area (Å²) in [6.45, 7) is -0.243. The molecule has 2 aromatic carbocycles. The number of halogens is 2. The molecule has 4 rings (SSSR count). The van der Waals surface area contributed by atoms with Crippen LogP contribution >= 0.6 is 27.3 Å². The van der Waals surface area contributed by atoms with Gasteiger partial charge in [-0.25, -0.2) is 9.18 Å². The van der Waals surface area contributed by atoms with Crippen LogP contribution in [-0.4, -0.2) is 20.9 Å². The van der Waals surface area contributed by atoms with E-state index in [2.05, 4.69) is 26.6 Å². The highest BCUT2D eigenvalue weighted by Crippen LogP contribution is 2.20. The SMILES string of the molecule is O=C(CCn1c(=O)c2sccc2n(CC(=O)Nc2ccc(Br)cc2F)c1=O)NCc1ccccc1. The molecule has 2 heterocycles. The highest BCUT2D eigenvalue weighted by atomic mass is 79.9.